The van der Waals surface area contributed by atoms with Crippen LogP contribution in [0.4, 0.5) is 4.79 Å². The highest BCUT2D eigenvalue weighted by Gasteiger charge is 2.25. The molecule has 0 atom stereocenters. The largest absolute Gasteiger partial charge is 0.393 e. The van der Waals surface area contributed by atoms with E-state index in [-0.39, 0.29) is 18.2 Å². The van der Waals surface area contributed by atoms with Crippen molar-refractivity contribution in [2.75, 3.05) is 19.6 Å². The molecule has 0 aromatic rings. The van der Waals surface area contributed by atoms with Crippen LogP contribution >= 0.6 is 0 Å². The molecule has 2 aliphatic carbocycles. The lowest BCUT2D eigenvalue weighted by Crippen LogP contribution is -2.51. The first-order chi connectivity index (χ1) is 11.7. The molecule has 0 bridgehead atoms. The van der Waals surface area contributed by atoms with Crippen molar-refractivity contribution < 1.29 is 9.90 Å². The molecule has 2 saturated carbocycles. The van der Waals surface area contributed by atoms with Crippen molar-refractivity contribution in [2.45, 2.75) is 88.8 Å². The number of rotatable bonds is 4. The molecule has 0 unspecified atom stereocenters. The molecule has 3 rings (SSSR count). The summed E-state index contributed by atoms with van der Waals surface area (Å²) in [6.45, 7) is 3.51. The number of nitrogens with one attached hydrogen (secondary N) is 2. The van der Waals surface area contributed by atoms with Gasteiger partial charge in [0.2, 0.25) is 0 Å². The number of carbonyl (C=O) groups excluding carboxylic acids is 1. The summed E-state index contributed by atoms with van der Waals surface area (Å²) in [5.74, 6) is 0.910. The Kier molecular flexibility index (Phi) is 6.78. The Bertz CT molecular complexity index is 382. The van der Waals surface area contributed by atoms with Gasteiger partial charge < -0.3 is 20.6 Å². The third-order valence-corrected chi connectivity index (χ3v) is 6.20. The second-order valence-electron chi connectivity index (χ2n) is 8.20. The van der Waals surface area contributed by atoms with E-state index in [9.17, 15) is 9.90 Å². The van der Waals surface area contributed by atoms with Crippen molar-refractivity contribution in [2.24, 2.45) is 5.92 Å². The molecule has 3 N–H and O–H groups in total. The fourth-order valence-electron chi connectivity index (χ4n) is 4.63. The van der Waals surface area contributed by atoms with Gasteiger partial charge in [0, 0.05) is 31.7 Å². The number of hydrogen-bond acceptors (Lipinski definition) is 3. The van der Waals surface area contributed by atoms with Gasteiger partial charge in [-0.1, -0.05) is 19.3 Å². The van der Waals surface area contributed by atoms with E-state index in [0.29, 0.717) is 6.04 Å². The van der Waals surface area contributed by atoms with Crippen LogP contribution in [0.1, 0.15) is 70.6 Å². The van der Waals surface area contributed by atoms with Gasteiger partial charge in [-0.3, -0.25) is 0 Å². The molecule has 3 fully saturated rings. The molecular weight excluding hydrogens is 302 g/mol. The van der Waals surface area contributed by atoms with Crippen LogP contribution in [-0.4, -0.2) is 53.9 Å². The number of aliphatic hydroxyl groups excluding tert-OH is 1. The van der Waals surface area contributed by atoms with E-state index in [1.807, 2.05) is 0 Å². The van der Waals surface area contributed by atoms with Crippen LogP contribution < -0.4 is 10.6 Å². The summed E-state index contributed by atoms with van der Waals surface area (Å²) >= 11 is 0. The van der Waals surface area contributed by atoms with Gasteiger partial charge in [-0.05, 0) is 57.3 Å². The monoisotopic (exact) mass is 337 g/mol. The molecule has 138 valence electrons. The number of aliphatic hydroxyl groups is 1. The Morgan fingerprint density at radius 2 is 1.42 bits per heavy atom. The number of amides is 2. The number of nitrogens with zero attached hydrogens (tertiary/aromatic N) is 1. The number of piperidine rings is 1. The molecule has 0 aromatic carbocycles. The van der Waals surface area contributed by atoms with Crippen LogP contribution in [-0.2, 0) is 0 Å². The van der Waals surface area contributed by atoms with Crippen molar-refractivity contribution in [1.82, 2.24) is 15.5 Å². The highest BCUT2D eigenvalue weighted by atomic mass is 16.3. The molecule has 2 amide bonds. The van der Waals surface area contributed by atoms with Gasteiger partial charge in [-0.15, -0.1) is 0 Å². The van der Waals surface area contributed by atoms with Crippen molar-refractivity contribution in [3.8, 4) is 0 Å². The Morgan fingerprint density at radius 1 is 0.833 bits per heavy atom. The molecule has 0 radical (unpaired) electrons. The second-order valence-corrected chi connectivity index (χ2v) is 8.20. The minimum Gasteiger partial charge on any atom is -0.393 e. The summed E-state index contributed by atoms with van der Waals surface area (Å²) in [7, 11) is 0. The zero-order valence-corrected chi connectivity index (χ0v) is 15.0. The van der Waals surface area contributed by atoms with Crippen molar-refractivity contribution in [1.29, 1.82) is 0 Å². The van der Waals surface area contributed by atoms with E-state index in [2.05, 4.69) is 15.5 Å². The highest BCUT2D eigenvalue weighted by Crippen LogP contribution is 2.25. The summed E-state index contributed by atoms with van der Waals surface area (Å²) in [4.78, 5) is 14.8. The van der Waals surface area contributed by atoms with Gasteiger partial charge >= 0.3 is 6.03 Å². The topological polar surface area (TPSA) is 64.6 Å². The Hall–Kier alpha value is -0.810. The summed E-state index contributed by atoms with van der Waals surface area (Å²) in [6, 6.07) is 0.545. The van der Waals surface area contributed by atoms with E-state index >= 15 is 0 Å². The maximum Gasteiger partial charge on any atom is 0.315 e. The SMILES string of the molecule is O=C(NC1CCC(O)CC1)NC1CCN(CC2CCCCC2)CC1. The lowest BCUT2D eigenvalue weighted by Gasteiger charge is -2.36. The molecule has 1 aliphatic heterocycles. The predicted molar refractivity (Wildman–Crippen MR) is 96.0 cm³/mol. The average molecular weight is 338 g/mol. The standard InChI is InChI=1S/C19H35N3O2/c23-18-8-6-16(7-9-18)20-19(24)21-17-10-12-22(13-11-17)14-15-4-2-1-3-5-15/h15-18,23H,1-14H2,(H2,20,21,24). The van der Waals surface area contributed by atoms with Crippen LogP contribution in [0, 0.1) is 5.92 Å². The van der Waals surface area contributed by atoms with Gasteiger partial charge in [-0.2, -0.15) is 0 Å². The van der Waals surface area contributed by atoms with Gasteiger partial charge in [0.1, 0.15) is 0 Å². The van der Waals surface area contributed by atoms with Crippen LogP contribution in [0.15, 0.2) is 0 Å². The Labute approximate surface area is 146 Å². The summed E-state index contributed by atoms with van der Waals surface area (Å²) in [5, 5.41) is 15.8. The fourth-order valence-corrected chi connectivity index (χ4v) is 4.63. The first kappa shape index (κ1) is 18.0. The molecule has 5 heteroatoms. The smallest absolute Gasteiger partial charge is 0.315 e. The van der Waals surface area contributed by atoms with E-state index in [1.54, 1.807) is 0 Å². The Morgan fingerprint density at radius 3 is 2.04 bits per heavy atom. The lowest BCUT2D eigenvalue weighted by atomic mass is 9.88. The number of urea groups is 1. The van der Waals surface area contributed by atoms with Gasteiger partial charge in [0.25, 0.3) is 0 Å². The van der Waals surface area contributed by atoms with Gasteiger partial charge in [0.15, 0.2) is 0 Å². The first-order valence-corrected chi connectivity index (χ1v) is 10.2. The maximum absolute atomic E-state index is 12.2. The normalized spacial score (nSPS) is 30.9. The molecule has 3 aliphatic rings. The molecule has 24 heavy (non-hydrogen) atoms. The molecule has 5 nitrogen and oxygen atoms in total. The molecule has 0 spiro atoms. The first-order valence-electron chi connectivity index (χ1n) is 10.2. The lowest BCUT2D eigenvalue weighted by molar-refractivity contribution is 0.117. The zero-order valence-electron chi connectivity index (χ0n) is 15.0. The number of hydrogen-bond donors (Lipinski definition) is 3. The summed E-state index contributed by atoms with van der Waals surface area (Å²) < 4.78 is 0. The Balaban J connectivity index is 1.30. The quantitative estimate of drug-likeness (QED) is 0.739. The van der Waals surface area contributed by atoms with E-state index in [0.717, 1.165) is 57.5 Å². The predicted octanol–water partition coefficient (Wildman–Crippen LogP) is 2.63. The fraction of sp³-hybridized carbons (Fsp3) is 0.947. The second kappa shape index (κ2) is 9.04. The van der Waals surface area contributed by atoms with Crippen LogP contribution in [0.25, 0.3) is 0 Å². The number of carbonyl (C=O) groups is 1. The zero-order chi connectivity index (χ0) is 16.8. The minimum atomic E-state index is -0.167. The van der Waals surface area contributed by atoms with Crippen LogP contribution in [0.2, 0.25) is 0 Å². The highest BCUT2D eigenvalue weighted by molar-refractivity contribution is 5.74. The van der Waals surface area contributed by atoms with Crippen LogP contribution in [0.5, 0.6) is 0 Å². The van der Waals surface area contributed by atoms with E-state index in [4.69, 9.17) is 0 Å². The molecule has 0 aromatic heterocycles. The van der Waals surface area contributed by atoms with Crippen molar-refractivity contribution in [3.63, 3.8) is 0 Å². The average Bonchev–Trinajstić information content (AvgIpc) is 2.60. The van der Waals surface area contributed by atoms with Gasteiger partial charge in [0.05, 0.1) is 6.10 Å². The third-order valence-electron chi connectivity index (χ3n) is 6.20. The molecule has 1 saturated heterocycles. The van der Waals surface area contributed by atoms with E-state index < -0.39 is 0 Å². The molecule has 1 heterocycles. The van der Waals surface area contributed by atoms with E-state index in [1.165, 1.54) is 38.6 Å². The third kappa shape index (κ3) is 5.62. The van der Waals surface area contributed by atoms with Gasteiger partial charge in [-0.25, -0.2) is 4.79 Å². The van der Waals surface area contributed by atoms with Crippen molar-refractivity contribution in [3.05, 3.63) is 0 Å². The summed E-state index contributed by atoms with van der Waals surface area (Å²) in [5.41, 5.74) is 0. The molecular formula is C19H35N3O2. The van der Waals surface area contributed by atoms with Crippen molar-refractivity contribution >= 4 is 6.03 Å². The number of likely N-dealkylation sites (tertiary alicyclic amines) is 1. The minimum absolute atomic E-state index is 0.0119. The van der Waals surface area contributed by atoms with Crippen LogP contribution in [0.3, 0.4) is 0 Å². The summed E-state index contributed by atoms with van der Waals surface area (Å²) in [6.07, 6.45) is 12.5. The maximum atomic E-state index is 12.2.